The van der Waals surface area contributed by atoms with E-state index in [9.17, 15) is 9.59 Å². The average molecular weight is 275 g/mol. The van der Waals surface area contributed by atoms with E-state index in [1.165, 1.54) is 0 Å². The van der Waals surface area contributed by atoms with Crippen molar-refractivity contribution < 1.29 is 9.59 Å². The Balaban J connectivity index is 2.01. The number of hydrogen-bond acceptors (Lipinski definition) is 3. The molecule has 20 heavy (non-hydrogen) atoms. The van der Waals surface area contributed by atoms with Gasteiger partial charge in [-0.2, -0.15) is 0 Å². The fourth-order valence-corrected chi connectivity index (χ4v) is 2.39. The fraction of sp³-hybridized carbons (Fsp3) is 0.467. The zero-order valence-corrected chi connectivity index (χ0v) is 11.8. The van der Waals surface area contributed by atoms with Crippen LogP contribution in [-0.4, -0.2) is 29.8 Å². The second-order valence-electron chi connectivity index (χ2n) is 5.25. The number of hydrogen-bond donors (Lipinski definition) is 2. The molecular weight excluding hydrogens is 254 g/mol. The normalized spacial score (nSPS) is 15.6. The minimum atomic E-state index is -0.609. The number of aryl methyl sites for hydroxylation is 1. The number of rotatable bonds is 1. The number of benzene rings is 1. The molecule has 2 rings (SSSR count). The van der Waals surface area contributed by atoms with Crippen LogP contribution in [0, 0.1) is 6.92 Å². The Bertz CT molecular complexity index is 506. The molecule has 2 amide bonds. The van der Waals surface area contributed by atoms with Crippen molar-refractivity contribution in [1.29, 1.82) is 0 Å². The largest absolute Gasteiger partial charge is 0.397 e. The highest BCUT2D eigenvalue weighted by Crippen LogP contribution is 2.19. The summed E-state index contributed by atoms with van der Waals surface area (Å²) in [6, 6.07) is 5.34. The van der Waals surface area contributed by atoms with Crippen molar-refractivity contribution in [3.63, 3.8) is 0 Å². The summed E-state index contributed by atoms with van der Waals surface area (Å²) in [5.41, 5.74) is 7.81. The number of anilines is 2. The average Bonchev–Trinajstić information content (AvgIpc) is 2.70. The van der Waals surface area contributed by atoms with Crippen LogP contribution in [0.2, 0.25) is 0 Å². The molecule has 1 fully saturated rings. The van der Waals surface area contributed by atoms with Crippen molar-refractivity contribution >= 4 is 23.2 Å². The highest BCUT2D eigenvalue weighted by Gasteiger charge is 2.23. The first-order chi connectivity index (χ1) is 9.58. The molecular formula is C15H21N3O2. The van der Waals surface area contributed by atoms with E-state index in [-0.39, 0.29) is 0 Å². The van der Waals surface area contributed by atoms with Gasteiger partial charge in [-0.25, -0.2) is 0 Å². The molecule has 3 N–H and O–H groups in total. The zero-order chi connectivity index (χ0) is 14.5. The summed E-state index contributed by atoms with van der Waals surface area (Å²) >= 11 is 0. The van der Waals surface area contributed by atoms with Crippen molar-refractivity contribution in [2.24, 2.45) is 0 Å². The predicted molar refractivity (Wildman–Crippen MR) is 79.3 cm³/mol. The number of nitrogens with one attached hydrogen (secondary N) is 1. The van der Waals surface area contributed by atoms with E-state index in [4.69, 9.17) is 5.73 Å². The van der Waals surface area contributed by atoms with Crippen molar-refractivity contribution in [3.05, 3.63) is 23.8 Å². The standard InChI is InChI=1S/C15H21N3O2/c1-11-6-7-13(12(16)10-11)17-14(19)15(20)18-8-4-2-3-5-9-18/h6-7,10H,2-5,8-9,16H2,1H3,(H,17,19). The highest BCUT2D eigenvalue weighted by atomic mass is 16.2. The lowest BCUT2D eigenvalue weighted by Gasteiger charge is -2.19. The lowest BCUT2D eigenvalue weighted by molar-refractivity contribution is -0.143. The first kappa shape index (κ1) is 14.4. The van der Waals surface area contributed by atoms with Gasteiger partial charge in [0.15, 0.2) is 0 Å². The van der Waals surface area contributed by atoms with E-state index in [2.05, 4.69) is 5.32 Å². The van der Waals surface area contributed by atoms with Crippen LogP contribution in [-0.2, 0) is 9.59 Å². The summed E-state index contributed by atoms with van der Waals surface area (Å²) in [6.45, 7) is 3.25. The van der Waals surface area contributed by atoms with Crippen LogP contribution < -0.4 is 11.1 Å². The number of nitrogen functional groups attached to an aromatic ring is 1. The Morgan fingerprint density at radius 2 is 1.80 bits per heavy atom. The molecule has 1 heterocycles. The molecule has 5 nitrogen and oxygen atoms in total. The Hall–Kier alpha value is -2.04. The van der Waals surface area contributed by atoms with Gasteiger partial charge in [0.2, 0.25) is 0 Å². The maximum atomic E-state index is 12.1. The third-order valence-corrected chi connectivity index (χ3v) is 3.54. The number of likely N-dealkylation sites (tertiary alicyclic amines) is 1. The molecule has 0 aliphatic carbocycles. The fourth-order valence-electron chi connectivity index (χ4n) is 2.39. The van der Waals surface area contributed by atoms with Crippen molar-refractivity contribution in [2.45, 2.75) is 32.6 Å². The third kappa shape index (κ3) is 3.50. The molecule has 1 aromatic rings. The van der Waals surface area contributed by atoms with Gasteiger partial charge in [-0.3, -0.25) is 9.59 Å². The summed E-state index contributed by atoms with van der Waals surface area (Å²) in [5.74, 6) is -1.07. The quantitative estimate of drug-likeness (QED) is 0.607. The SMILES string of the molecule is Cc1ccc(NC(=O)C(=O)N2CCCCCC2)c(N)c1. The molecule has 0 saturated carbocycles. The van der Waals surface area contributed by atoms with Gasteiger partial charge in [-0.1, -0.05) is 18.9 Å². The number of nitrogens with zero attached hydrogens (tertiary/aromatic N) is 1. The van der Waals surface area contributed by atoms with Crippen LogP contribution in [0.25, 0.3) is 0 Å². The van der Waals surface area contributed by atoms with Gasteiger partial charge in [0.25, 0.3) is 0 Å². The summed E-state index contributed by atoms with van der Waals surface area (Å²) in [4.78, 5) is 25.7. The number of carbonyl (C=O) groups excluding carboxylic acids is 2. The van der Waals surface area contributed by atoms with Gasteiger partial charge in [-0.05, 0) is 37.5 Å². The Morgan fingerprint density at radius 3 is 2.40 bits per heavy atom. The van der Waals surface area contributed by atoms with E-state index in [0.29, 0.717) is 24.5 Å². The first-order valence-corrected chi connectivity index (χ1v) is 7.04. The maximum Gasteiger partial charge on any atom is 0.313 e. The summed E-state index contributed by atoms with van der Waals surface area (Å²) in [5, 5.41) is 2.60. The monoisotopic (exact) mass is 275 g/mol. The number of amides is 2. The number of carbonyl (C=O) groups is 2. The summed E-state index contributed by atoms with van der Waals surface area (Å²) < 4.78 is 0. The molecule has 5 heteroatoms. The Morgan fingerprint density at radius 1 is 1.15 bits per heavy atom. The molecule has 1 aliphatic rings. The van der Waals surface area contributed by atoms with E-state index in [0.717, 1.165) is 31.2 Å². The topological polar surface area (TPSA) is 75.4 Å². The molecule has 108 valence electrons. The van der Waals surface area contributed by atoms with Gasteiger partial charge < -0.3 is 16.0 Å². The first-order valence-electron chi connectivity index (χ1n) is 7.04. The van der Waals surface area contributed by atoms with Gasteiger partial charge >= 0.3 is 11.8 Å². The van der Waals surface area contributed by atoms with Gasteiger partial charge in [-0.15, -0.1) is 0 Å². The number of nitrogens with two attached hydrogens (primary N) is 1. The van der Waals surface area contributed by atoms with Crippen LogP contribution in [0.3, 0.4) is 0 Å². The van der Waals surface area contributed by atoms with Gasteiger partial charge in [0.1, 0.15) is 0 Å². The van der Waals surface area contributed by atoms with E-state index in [1.807, 2.05) is 13.0 Å². The molecule has 1 aliphatic heterocycles. The minimum absolute atomic E-state index is 0.466. The predicted octanol–water partition coefficient (Wildman–Crippen LogP) is 1.92. The Labute approximate surface area is 119 Å². The van der Waals surface area contributed by atoms with Gasteiger partial charge in [0.05, 0.1) is 11.4 Å². The van der Waals surface area contributed by atoms with Crippen LogP contribution in [0.4, 0.5) is 11.4 Å². The van der Waals surface area contributed by atoms with Crippen LogP contribution >= 0.6 is 0 Å². The maximum absolute atomic E-state index is 12.1. The summed E-state index contributed by atoms with van der Waals surface area (Å²) in [6.07, 6.45) is 4.17. The van der Waals surface area contributed by atoms with Crippen LogP contribution in [0.5, 0.6) is 0 Å². The van der Waals surface area contributed by atoms with Crippen LogP contribution in [0.15, 0.2) is 18.2 Å². The minimum Gasteiger partial charge on any atom is -0.397 e. The van der Waals surface area contributed by atoms with Crippen molar-refractivity contribution in [2.75, 3.05) is 24.1 Å². The highest BCUT2D eigenvalue weighted by molar-refractivity contribution is 6.39. The zero-order valence-electron chi connectivity index (χ0n) is 11.8. The molecule has 0 unspecified atom stereocenters. The molecule has 0 spiro atoms. The molecule has 1 saturated heterocycles. The lowest BCUT2D eigenvalue weighted by atomic mass is 10.2. The lowest BCUT2D eigenvalue weighted by Crippen LogP contribution is -2.40. The van der Waals surface area contributed by atoms with E-state index < -0.39 is 11.8 Å². The van der Waals surface area contributed by atoms with Crippen molar-refractivity contribution in [1.82, 2.24) is 4.90 Å². The molecule has 1 aromatic carbocycles. The smallest absolute Gasteiger partial charge is 0.313 e. The summed E-state index contributed by atoms with van der Waals surface area (Å²) in [7, 11) is 0. The van der Waals surface area contributed by atoms with Crippen molar-refractivity contribution in [3.8, 4) is 0 Å². The molecule has 0 radical (unpaired) electrons. The van der Waals surface area contributed by atoms with E-state index in [1.54, 1.807) is 17.0 Å². The van der Waals surface area contributed by atoms with E-state index >= 15 is 0 Å². The molecule has 0 atom stereocenters. The van der Waals surface area contributed by atoms with Crippen LogP contribution in [0.1, 0.15) is 31.2 Å². The second-order valence-corrected chi connectivity index (χ2v) is 5.25. The second kappa shape index (κ2) is 6.41. The van der Waals surface area contributed by atoms with Gasteiger partial charge in [0, 0.05) is 13.1 Å². The molecule has 0 bridgehead atoms. The third-order valence-electron chi connectivity index (χ3n) is 3.54. The molecule has 0 aromatic heterocycles. The Kier molecular flexibility index (Phi) is 4.61.